The van der Waals surface area contributed by atoms with Crippen LogP contribution >= 0.6 is 0 Å². The molecule has 0 fully saturated rings. The van der Waals surface area contributed by atoms with E-state index in [4.69, 9.17) is 0 Å². The van der Waals surface area contributed by atoms with E-state index in [1.807, 2.05) is 0 Å². The van der Waals surface area contributed by atoms with Crippen molar-refractivity contribution in [1.29, 1.82) is 0 Å². The molecule has 0 heterocycles. The Morgan fingerprint density at radius 2 is 0.909 bits per heavy atom. The summed E-state index contributed by atoms with van der Waals surface area (Å²) in [5.74, 6) is 0.167. The Labute approximate surface area is 75.2 Å². The lowest BCUT2D eigenvalue weighted by molar-refractivity contribution is -0.114. The molecule has 0 aromatic carbocycles. The molecule has 0 aliphatic heterocycles. The topological polar surface area (TPSA) is 17.1 Å². The van der Waals surface area contributed by atoms with Crippen molar-refractivity contribution < 1.29 is 4.79 Å². The maximum absolute atomic E-state index is 9.44. The van der Waals surface area contributed by atoms with Gasteiger partial charge in [0, 0.05) is 0 Å². The second kappa shape index (κ2) is 54.0. The van der Waals surface area contributed by atoms with E-state index in [2.05, 4.69) is 13.8 Å². The number of hydrogen-bond acceptors (Lipinski definition) is 1. The fourth-order valence-electron chi connectivity index (χ4n) is 0. The molecule has 76 valence electrons. The Balaban J connectivity index is -0.00000000848. The van der Waals surface area contributed by atoms with Crippen molar-refractivity contribution in [2.75, 3.05) is 0 Å². The Morgan fingerprint density at radius 3 is 0.909 bits per heavy atom. The van der Waals surface area contributed by atoms with E-state index >= 15 is 0 Å². The average Bonchev–Trinajstić information content (AvgIpc) is 1.33. The van der Waals surface area contributed by atoms with Crippen molar-refractivity contribution in [2.45, 2.75) is 63.8 Å². The summed E-state index contributed by atoms with van der Waals surface area (Å²) in [6.45, 7) is 7.31. The molecule has 0 radical (unpaired) electrons. The number of carbonyl (C=O) groups excluding carboxylic acids is 1. The van der Waals surface area contributed by atoms with Crippen LogP contribution in [0.1, 0.15) is 63.8 Å². The first-order valence-electron chi connectivity index (χ1n) is 2.62. The van der Waals surface area contributed by atoms with Gasteiger partial charge in [0.15, 0.2) is 0 Å². The van der Waals surface area contributed by atoms with Gasteiger partial charge in [-0.05, 0) is 13.8 Å². The summed E-state index contributed by atoms with van der Waals surface area (Å²) in [7, 11) is 0. The molecule has 0 saturated carbocycles. The molecule has 0 aromatic rings. The highest BCUT2D eigenvalue weighted by Crippen LogP contribution is 1.56. The average molecular weight is 166 g/mol. The number of Topliss-reactive ketones (excluding diaryl/α,β-unsaturated/α-hetero) is 1. The molecule has 0 unspecified atom stereocenters. The van der Waals surface area contributed by atoms with Gasteiger partial charge in [0.05, 0.1) is 0 Å². The minimum atomic E-state index is 0. The summed E-state index contributed by atoms with van der Waals surface area (Å²) in [5, 5.41) is 0. The molecule has 0 amide bonds. The molecular weight excluding hydrogens is 136 g/mol. The molecule has 1 nitrogen and oxygen atoms in total. The van der Waals surface area contributed by atoms with Gasteiger partial charge in [0.2, 0.25) is 0 Å². The molecule has 0 spiro atoms. The van der Waals surface area contributed by atoms with E-state index in [1.54, 1.807) is 0 Å². The molecule has 0 aliphatic carbocycles. The van der Waals surface area contributed by atoms with Crippen LogP contribution in [0.3, 0.4) is 0 Å². The van der Waals surface area contributed by atoms with Gasteiger partial charge in [-0.3, -0.25) is 0 Å². The van der Waals surface area contributed by atoms with Gasteiger partial charge in [0.25, 0.3) is 0 Å². The third-order valence-corrected chi connectivity index (χ3v) is 0. The van der Waals surface area contributed by atoms with Gasteiger partial charge in [-0.25, -0.2) is 0 Å². The predicted octanol–water partition coefficient (Wildman–Crippen LogP) is 4.56. The predicted molar refractivity (Wildman–Crippen MR) is 59.2 cm³/mol. The van der Waals surface area contributed by atoms with Crippen LogP contribution in [0.2, 0.25) is 0 Å². The summed E-state index contributed by atoms with van der Waals surface area (Å²) >= 11 is 0. The lowest BCUT2D eigenvalue weighted by atomic mass is 10.6. The molecule has 11 heavy (non-hydrogen) atoms. The van der Waals surface area contributed by atoms with Crippen LogP contribution < -0.4 is 0 Å². The monoisotopic (exact) mass is 166 g/mol. The number of ketones is 1. The Morgan fingerprint density at radius 1 is 0.909 bits per heavy atom. The third kappa shape index (κ3) is 5220. The molecule has 0 rings (SSSR count). The summed E-state index contributed by atoms with van der Waals surface area (Å²) in [4.78, 5) is 9.44. The summed E-state index contributed by atoms with van der Waals surface area (Å²) in [6, 6.07) is 0. The van der Waals surface area contributed by atoms with E-state index in [1.165, 1.54) is 20.3 Å². The van der Waals surface area contributed by atoms with Crippen molar-refractivity contribution in [3.8, 4) is 0 Å². The lowest BCUT2D eigenvalue weighted by Crippen LogP contribution is -1.69. The molecule has 1 heteroatoms. The van der Waals surface area contributed by atoms with Crippen LogP contribution in [-0.2, 0) is 4.79 Å². The normalized spacial score (nSPS) is 4.00. The number of rotatable bonds is 0. The SMILES string of the molecule is C.C.C.C.CC(C)=O.CCC. The maximum Gasteiger partial charge on any atom is 0.126 e. The molecule has 0 atom stereocenters. The zero-order valence-electron chi connectivity index (χ0n) is 5.62. The van der Waals surface area contributed by atoms with Crippen LogP contribution in [0.5, 0.6) is 0 Å². The summed E-state index contributed by atoms with van der Waals surface area (Å²) in [5.41, 5.74) is 0. The lowest BCUT2D eigenvalue weighted by Gasteiger charge is -1.56. The summed E-state index contributed by atoms with van der Waals surface area (Å²) < 4.78 is 0. The second-order valence-corrected chi connectivity index (χ2v) is 1.62. The molecule has 0 saturated heterocycles. The fraction of sp³-hybridized carbons (Fsp3) is 0.900. The smallest absolute Gasteiger partial charge is 0.126 e. The van der Waals surface area contributed by atoms with Gasteiger partial charge in [0.1, 0.15) is 5.78 Å². The number of carbonyl (C=O) groups is 1. The fourth-order valence-corrected chi connectivity index (χ4v) is 0. The standard InChI is InChI=1S/C3H6O.C3H8.4CH4/c1-3(2)4;1-3-2;;;;/h1-2H3;3H2,1-2H3;4*1H4. The van der Waals surface area contributed by atoms with Gasteiger partial charge in [-0.1, -0.05) is 50.0 Å². The van der Waals surface area contributed by atoms with E-state index in [9.17, 15) is 4.79 Å². The molecule has 0 aromatic heterocycles. The van der Waals surface area contributed by atoms with Crippen LogP contribution in [0.15, 0.2) is 0 Å². The van der Waals surface area contributed by atoms with Crippen molar-refractivity contribution in [3.63, 3.8) is 0 Å². The first-order valence-corrected chi connectivity index (χ1v) is 2.62. The zero-order chi connectivity index (χ0) is 6.28. The van der Waals surface area contributed by atoms with Crippen LogP contribution in [0, 0.1) is 0 Å². The minimum absolute atomic E-state index is 0. The first kappa shape index (κ1) is 45.7. The van der Waals surface area contributed by atoms with Crippen molar-refractivity contribution in [1.82, 2.24) is 0 Å². The number of hydrogen-bond donors (Lipinski definition) is 0. The maximum atomic E-state index is 9.44. The quantitative estimate of drug-likeness (QED) is 0.515. The largest absolute Gasteiger partial charge is 0.300 e. The minimum Gasteiger partial charge on any atom is -0.300 e. The van der Waals surface area contributed by atoms with E-state index in [0.717, 1.165) is 0 Å². The molecule has 0 bridgehead atoms. The highest BCUT2D eigenvalue weighted by Gasteiger charge is 1.62. The zero-order valence-corrected chi connectivity index (χ0v) is 5.62. The van der Waals surface area contributed by atoms with Crippen LogP contribution in [-0.4, -0.2) is 5.78 Å². The van der Waals surface area contributed by atoms with Crippen LogP contribution in [0.4, 0.5) is 0 Å². The van der Waals surface area contributed by atoms with Crippen LogP contribution in [0.25, 0.3) is 0 Å². The van der Waals surface area contributed by atoms with E-state index in [0.29, 0.717) is 0 Å². The molecule has 0 N–H and O–H groups in total. The molecular formula is C10H30O. The van der Waals surface area contributed by atoms with Crippen molar-refractivity contribution in [3.05, 3.63) is 0 Å². The Kier molecular flexibility index (Phi) is 224. The van der Waals surface area contributed by atoms with Crippen molar-refractivity contribution >= 4 is 5.78 Å². The van der Waals surface area contributed by atoms with Gasteiger partial charge < -0.3 is 4.79 Å². The third-order valence-electron chi connectivity index (χ3n) is 0. The van der Waals surface area contributed by atoms with Gasteiger partial charge in [-0.15, -0.1) is 0 Å². The Hall–Kier alpha value is -0.330. The van der Waals surface area contributed by atoms with Crippen molar-refractivity contribution in [2.24, 2.45) is 0 Å². The Bertz CT molecular complexity index is 36.1. The van der Waals surface area contributed by atoms with Gasteiger partial charge >= 0.3 is 0 Å². The molecule has 0 aliphatic rings. The second-order valence-electron chi connectivity index (χ2n) is 1.62. The highest BCUT2D eigenvalue weighted by atomic mass is 16.1. The highest BCUT2D eigenvalue weighted by molar-refractivity contribution is 5.72. The van der Waals surface area contributed by atoms with E-state index < -0.39 is 0 Å². The summed E-state index contributed by atoms with van der Waals surface area (Å²) in [6.07, 6.45) is 1.25. The first-order chi connectivity index (χ1) is 3.15. The van der Waals surface area contributed by atoms with E-state index in [-0.39, 0.29) is 35.5 Å². The van der Waals surface area contributed by atoms with Gasteiger partial charge in [-0.2, -0.15) is 0 Å².